The van der Waals surface area contributed by atoms with Crippen molar-refractivity contribution in [2.24, 2.45) is 16.8 Å². The number of hydrogen-bond donors (Lipinski definition) is 2. The number of benzene rings is 1. The first kappa shape index (κ1) is 12.4. The summed E-state index contributed by atoms with van der Waals surface area (Å²) in [7, 11) is 0. The van der Waals surface area contributed by atoms with Gasteiger partial charge in [-0.3, -0.25) is 0 Å². The number of oxime groups is 1. The highest BCUT2D eigenvalue weighted by Gasteiger charge is 2.09. The molecule has 0 spiro atoms. The Kier molecular flexibility index (Phi) is 4.17. The molecule has 0 bridgehead atoms. The minimum Gasteiger partial charge on any atom is -0.493 e. The molecule has 1 aromatic rings. The zero-order valence-electron chi connectivity index (χ0n) is 9.90. The summed E-state index contributed by atoms with van der Waals surface area (Å²) in [5, 5.41) is 11.5. The summed E-state index contributed by atoms with van der Waals surface area (Å²) in [6.07, 6.45) is 0. The molecule has 0 heterocycles. The third-order valence-corrected chi connectivity index (χ3v) is 2.44. The van der Waals surface area contributed by atoms with Gasteiger partial charge in [0.05, 0.1) is 12.5 Å². The second-order valence-electron chi connectivity index (χ2n) is 4.01. The van der Waals surface area contributed by atoms with Gasteiger partial charge in [0, 0.05) is 0 Å². The van der Waals surface area contributed by atoms with E-state index < -0.39 is 0 Å². The van der Waals surface area contributed by atoms with E-state index in [9.17, 15) is 0 Å². The smallest absolute Gasteiger partial charge is 0.145 e. The Bertz CT molecular complexity index is 389. The maximum Gasteiger partial charge on any atom is 0.145 e. The van der Waals surface area contributed by atoms with Crippen molar-refractivity contribution in [1.29, 1.82) is 0 Å². The third-order valence-electron chi connectivity index (χ3n) is 2.44. The summed E-state index contributed by atoms with van der Waals surface area (Å²) in [5.74, 6) is 0.915. The van der Waals surface area contributed by atoms with Crippen LogP contribution in [0.2, 0.25) is 0 Å². The Morgan fingerprint density at radius 1 is 1.50 bits per heavy atom. The van der Waals surface area contributed by atoms with Gasteiger partial charge in [0.2, 0.25) is 0 Å². The van der Waals surface area contributed by atoms with E-state index in [4.69, 9.17) is 15.7 Å². The van der Waals surface area contributed by atoms with Crippen molar-refractivity contribution in [1.82, 2.24) is 0 Å². The van der Waals surface area contributed by atoms with Crippen molar-refractivity contribution in [2.75, 3.05) is 6.61 Å². The van der Waals surface area contributed by atoms with Gasteiger partial charge in [-0.15, -0.1) is 0 Å². The normalized spacial score (nSPS) is 13.6. The number of ether oxygens (including phenoxy) is 1. The standard InChI is InChI=1S/C12H18N2O2/c1-8-4-5-11(9(2)6-8)16-7-10(3)12(13)14-15/h4-6,10,15H,7H2,1-3H3,(H2,13,14). The number of rotatable bonds is 4. The number of nitrogens with two attached hydrogens (primary N) is 1. The first-order valence-electron chi connectivity index (χ1n) is 5.22. The van der Waals surface area contributed by atoms with Crippen LogP contribution in [-0.2, 0) is 0 Å². The molecule has 16 heavy (non-hydrogen) atoms. The Morgan fingerprint density at radius 2 is 2.19 bits per heavy atom. The van der Waals surface area contributed by atoms with E-state index in [1.165, 1.54) is 5.56 Å². The second kappa shape index (κ2) is 5.39. The monoisotopic (exact) mass is 222 g/mol. The van der Waals surface area contributed by atoms with Crippen LogP contribution in [0.15, 0.2) is 23.4 Å². The van der Waals surface area contributed by atoms with Crippen LogP contribution in [0.5, 0.6) is 5.75 Å². The molecule has 4 nitrogen and oxygen atoms in total. The fraction of sp³-hybridized carbons (Fsp3) is 0.417. The lowest BCUT2D eigenvalue weighted by atomic mass is 10.1. The van der Waals surface area contributed by atoms with Gasteiger partial charge in [-0.05, 0) is 25.5 Å². The fourth-order valence-corrected chi connectivity index (χ4v) is 1.36. The summed E-state index contributed by atoms with van der Waals surface area (Å²) in [5.41, 5.74) is 7.76. The van der Waals surface area contributed by atoms with Crippen molar-refractivity contribution in [2.45, 2.75) is 20.8 Å². The SMILES string of the molecule is Cc1ccc(OCC(C)/C(N)=N/O)c(C)c1. The molecule has 1 atom stereocenters. The van der Waals surface area contributed by atoms with Crippen LogP contribution in [0.1, 0.15) is 18.1 Å². The number of aryl methyl sites for hydroxylation is 2. The largest absolute Gasteiger partial charge is 0.493 e. The topological polar surface area (TPSA) is 67.8 Å². The maximum atomic E-state index is 8.50. The summed E-state index contributed by atoms with van der Waals surface area (Å²) < 4.78 is 5.60. The van der Waals surface area contributed by atoms with Gasteiger partial charge in [-0.1, -0.05) is 29.8 Å². The van der Waals surface area contributed by atoms with Crippen LogP contribution in [0.3, 0.4) is 0 Å². The predicted molar refractivity (Wildman–Crippen MR) is 64.0 cm³/mol. The average molecular weight is 222 g/mol. The molecular weight excluding hydrogens is 204 g/mol. The molecule has 0 fully saturated rings. The Hall–Kier alpha value is -1.71. The summed E-state index contributed by atoms with van der Waals surface area (Å²) in [4.78, 5) is 0. The van der Waals surface area contributed by atoms with Crippen molar-refractivity contribution in [3.8, 4) is 5.75 Å². The first-order chi connectivity index (χ1) is 7.54. The van der Waals surface area contributed by atoms with Gasteiger partial charge >= 0.3 is 0 Å². The Morgan fingerprint density at radius 3 is 2.75 bits per heavy atom. The van der Waals surface area contributed by atoms with E-state index in [0.29, 0.717) is 6.61 Å². The van der Waals surface area contributed by atoms with Crippen LogP contribution < -0.4 is 10.5 Å². The second-order valence-corrected chi connectivity index (χ2v) is 4.01. The zero-order valence-corrected chi connectivity index (χ0v) is 9.90. The van der Waals surface area contributed by atoms with Crippen molar-refractivity contribution in [3.63, 3.8) is 0 Å². The fourth-order valence-electron chi connectivity index (χ4n) is 1.36. The lowest BCUT2D eigenvalue weighted by molar-refractivity contribution is 0.278. The van der Waals surface area contributed by atoms with Gasteiger partial charge < -0.3 is 15.7 Å². The van der Waals surface area contributed by atoms with E-state index in [-0.39, 0.29) is 11.8 Å². The molecule has 4 heteroatoms. The Labute approximate surface area is 95.7 Å². The molecule has 0 saturated heterocycles. The first-order valence-corrected chi connectivity index (χ1v) is 5.22. The Balaban J connectivity index is 2.61. The summed E-state index contributed by atoms with van der Waals surface area (Å²) >= 11 is 0. The van der Waals surface area contributed by atoms with Gasteiger partial charge in [0.25, 0.3) is 0 Å². The number of amidine groups is 1. The molecule has 3 N–H and O–H groups in total. The number of hydrogen-bond acceptors (Lipinski definition) is 3. The highest BCUT2D eigenvalue weighted by Crippen LogP contribution is 2.19. The highest BCUT2D eigenvalue weighted by atomic mass is 16.5. The van der Waals surface area contributed by atoms with E-state index in [1.807, 2.05) is 32.9 Å². The molecule has 0 aliphatic heterocycles. The maximum absolute atomic E-state index is 8.50. The molecule has 0 radical (unpaired) electrons. The number of nitrogens with zero attached hydrogens (tertiary/aromatic N) is 1. The lowest BCUT2D eigenvalue weighted by Crippen LogP contribution is -2.26. The predicted octanol–water partition coefficient (Wildman–Crippen LogP) is 2.06. The van der Waals surface area contributed by atoms with Crippen LogP contribution in [0, 0.1) is 19.8 Å². The molecular formula is C12H18N2O2. The quantitative estimate of drug-likeness (QED) is 0.354. The van der Waals surface area contributed by atoms with E-state index >= 15 is 0 Å². The van der Waals surface area contributed by atoms with Crippen molar-refractivity contribution >= 4 is 5.84 Å². The van der Waals surface area contributed by atoms with Crippen molar-refractivity contribution < 1.29 is 9.94 Å². The van der Waals surface area contributed by atoms with Crippen LogP contribution in [0.4, 0.5) is 0 Å². The van der Waals surface area contributed by atoms with E-state index in [1.54, 1.807) is 0 Å². The third kappa shape index (κ3) is 3.15. The van der Waals surface area contributed by atoms with Gasteiger partial charge in [-0.25, -0.2) is 0 Å². The molecule has 1 unspecified atom stereocenters. The van der Waals surface area contributed by atoms with Gasteiger partial charge in [0.15, 0.2) is 0 Å². The minimum absolute atomic E-state index is 0.106. The minimum atomic E-state index is -0.106. The summed E-state index contributed by atoms with van der Waals surface area (Å²) in [6.45, 7) is 6.28. The molecule has 0 saturated carbocycles. The molecule has 0 amide bonds. The molecule has 0 aliphatic carbocycles. The average Bonchev–Trinajstić information content (AvgIpc) is 2.26. The van der Waals surface area contributed by atoms with Crippen molar-refractivity contribution in [3.05, 3.63) is 29.3 Å². The van der Waals surface area contributed by atoms with Crippen LogP contribution in [-0.4, -0.2) is 17.6 Å². The van der Waals surface area contributed by atoms with Crippen LogP contribution in [0.25, 0.3) is 0 Å². The molecule has 88 valence electrons. The molecule has 0 aliphatic rings. The van der Waals surface area contributed by atoms with Gasteiger partial charge in [-0.2, -0.15) is 0 Å². The molecule has 0 aromatic heterocycles. The van der Waals surface area contributed by atoms with Crippen LogP contribution >= 0.6 is 0 Å². The lowest BCUT2D eigenvalue weighted by Gasteiger charge is -2.13. The molecule has 1 rings (SSSR count). The zero-order chi connectivity index (χ0) is 12.1. The highest BCUT2D eigenvalue weighted by molar-refractivity contribution is 5.81. The van der Waals surface area contributed by atoms with Gasteiger partial charge in [0.1, 0.15) is 11.6 Å². The molecule has 1 aromatic carbocycles. The summed E-state index contributed by atoms with van der Waals surface area (Å²) in [6, 6.07) is 5.99. The van der Waals surface area contributed by atoms with E-state index in [0.717, 1.165) is 11.3 Å². The van der Waals surface area contributed by atoms with E-state index in [2.05, 4.69) is 11.2 Å².